The summed E-state index contributed by atoms with van der Waals surface area (Å²) in [6, 6.07) is 13.9. The van der Waals surface area contributed by atoms with Gasteiger partial charge in [-0.05, 0) is 83.4 Å². The molecule has 4 aromatic rings. The van der Waals surface area contributed by atoms with Crippen molar-refractivity contribution in [3.8, 4) is 17.2 Å². The fourth-order valence-corrected chi connectivity index (χ4v) is 5.50. The van der Waals surface area contributed by atoms with Crippen molar-refractivity contribution in [1.82, 2.24) is 19.4 Å². The van der Waals surface area contributed by atoms with Crippen LogP contribution in [0.5, 0.6) is 0 Å². The van der Waals surface area contributed by atoms with Gasteiger partial charge in [0.25, 0.3) is 5.91 Å². The Bertz CT molecular complexity index is 1970. The first kappa shape index (κ1) is 34.3. The molecule has 3 heterocycles. The number of carbonyl (C=O) groups excluding carboxylic acids is 3. The average molecular weight is 660 g/mol. The summed E-state index contributed by atoms with van der Waals surface area (Å²) in [5, 5.41) is 13.6. The van der Waals surface area contributed by atoms with E-state index in [4.69, 9.17) is 18.6 Å². The zero-order valence-electron chi connectivity index (χ0n) is 28.3. The third-order valence-corrected chi connectivity index (χ3v) is 7.69. The van der Waals surface area contributed by atoms with E-state index in [1.807, 2.05) is 30.3 Å². The van der Waals surface area contributed by atoms with Gasteiger partial charge in [0.2, 0.25) is 0 Å². The molecule has 2 amide bonds. The summed E-state index contributed by atoms with van der Waals surface area (Å²) in [4.78, 5) is 53.2. The Labute approximate surface area is 277 Å². The minimum absolute atomic E-state index is 0.0168. The number of amides is 2. The van der Waals surface area contributed by atoms with E-state index in [1.54, 1.807) is 60.7 Å². The van der Waals surface area contributed by atoms with Gasteiger partial charge < -0.3 is 28.8 Å². The Balaban J connectivity index is 1.43. The number of nitrogens with one attached hydrogen (secondary N) is 1. The van der Waals surface area contributed by atoms with Crippen molar-refractivity contribution in [1.29, 1.82) is 5.26 Å². The van der Waals surface area contributed by atoms with Crippen LogP contribution in [-0.2, 0) is 32.5 Å². The molecule has 0 bridgehead atoms. The molecule has 0 radical (unpaired) electrons. The fourth-order valence-electron chi connectivity index (χ4n) is 5.50. The van der Waals surface area contributed by atoms with Crippen LogP contribution in [0, 0.1) is 11.3 Å². The standard InChI is InChI=1S/C35H41N5O8/c1-34(2,3)47-32(43)39-13-8-14-45-29(20-39)30(41)37-24(19-36)18-25-15-23-10-9-21(16-26(23)40(25)33(44)48-35(4,5)6)22-11-12-28-27(17-22)38(7)31(42)46-28/h9-12,15-17,24,29H,8,13-14,18,20H2,1-7H3,(H,37,41)/t24-,29-/m0/s1. The number of aromatic nitrogens is 2. The van der Waals surface area contributed by atoms with E-state index in [1.165, 1.54) is 14.0 Å². The number of benzene rings is 2. The van der Waals surface area contributed by atoms with Crippen LogP contribution in [0.1, 0.15) is 53.7 Å². The molecule has 5 rings (SSSR count). The van der Waals surface area contributed by atoms with Crippen molar-refractivity contribution in [2.24, 2.45) is 7.05 Å². The number of rotatable bonds is 5. The minimum Gasteiger partial charge on any atom is -0.444 e. The average Bonchev–Trinajstić information content (AvgIpc) is 3.36. The number of carbonyl (C=O) groups is 3. The molecule has 2 aromatic heterocycles. The monoisotopic (exact) mass is 659 g/mol. The zero-order chi connectivity index (χ0) is 35.0. The molecule has 48 heavy (non-hydrogen) atoms. The van der Waals surface area contributed by atoms with Gasteiger partial charge in [-0.25, -0.2) is 19.0 Å². The second-order valence-corrected chi connectivity index (χ2v) is 13.9. The molecule has 1 aliphatic rings. The molecule has 2 aromatic carbocycles. The van der Waals surface area contributed by atoms with Crippen molar-refractivity contribution in [3.05, 3.63) is 58.7 Å². The first-order valence-corrected chi connectivity index (χ1v) is 15.8. The molecule has 0 saturated carbocycles. The quantitative estimate of drug-likeness (QED) is 0.307. The van der Waals surface area contributed by atoms with Crippen LogP contribution in [0.2, 0.25) is 0 Å². The number of fused-ring (bicyclic) bond motifs is 2. The van der Waals surface area contributed by atoms with Crippen molar-refractivity contribution < 1.29 is 33.0 Å². The van der Waals surface area contributed by atoms with Gasteiger partial charge in [-0.2, -0.15) is 5.26 Å². The van der Waals surface area contributed by atoms with Crippen LogP contribution in [0.15, 0.2) is 51.7 Å². The maximum absolute atomic E-state index is 13.7. The van der Waals surface area contributed by atoms with Gasteiger partial charge in [-0.3, -0.25) is 9.36 Å². The Hall–Kier alpha value is -5.09. The Morgan fingerprint density at radius 1 is 0.979 bits per heavy atom. The molecule has 0 spiro atoms. The number of oxazole rings is 1. The molecule has 0 unspecified atom stereocenters. The highest BCUT2D eigenvalue weighted by Crippen LogP contribution is 2.30. The Morgan fingerprint density at radius 3 is 2.29 bits per heavy atom. The van der Waals surface area contributed by atoms with E-state index in [0.29, 0.717) is 35.3 Å². The molecule has 1 fully saturated rings. The number of nitrogens with zero attached hydrogens (tertiary/aromatic N) is 4. The maximum Gasteiger partial charge on any atom is 0.419 e. The molecular formula is C35H41N5O8. The van der Waals surface area contributed by atoms with Crippen LogP contribution in [0.3, 0.4) is 0 Å². The third kappa shape index (κ3) is 7.71. The van der Waals surface area contributed by atoms with E-state index in [0.717, 1.165) is 16.5 Å². The summed E-state index contributed by atoms with van der Waals surface area (Å²) in [5.74, 6) is -1.02. The highest BCUT2D eigenvalue weighted by Gasteiger charge is 2.32. The van der Waals surface area contributed by atoms with Gasteiger partial charge in [0.1, 0.15) is 17.2 Å². The van der Waals surface area contributed by atoms with E-state index in [9.17, 15) is 24.4 Å². The van der Waals surface area contributed by atoms with Gasteiger partial charge in [-0.1, -0.05) is 18.2 Å². The molecule has 1 saturated heterocycles. The second-order valence-electron chi connectivity index (χ2n) is 13.9. The van der Waals surface area contributed by atoms with Crippen molar-refractivity contribution in [2.75, 3.05) is 19.7 Å². The number of aryl methyl sites for hydroxylation is 1. The lowest BCUT2D eigenvalue weighted by atomic mass is 10.0. The summed E-state index contributed by atoms with van der Waals surface area (Å²) < 4.78 is 25.1. The summed E-state index contributed by atoms with van der Waals surface area (Å²) >= 11 is 0. The SMILES string of the molecule is Cn1c(=O)oc2ccc(-c3ccc4cc(C[C@@H](C#N)NC(=O)[C@@H]5CN(C(=O)OC(C)(C)C)CCCO5)n(C(=O)OC(C)(C)C)c4c3)cc21. The number of hydrogen-bond donors (Lipinski definition) is 1. The zero-order valence-corrected chi connectivity index (χ0v) is 28.3. The lowest BCUT2D eigenvalue weighted by Gasteiger charge is -2.27. The number of hydrogen-bond acceptors (Lipinski definition) is 9. The van der Waals surface area contributed by atoms with Gasteiger partial charge in [0.15, 0.2) is 11.7 Å². The van der Waals surface area contributed by atoms with Crippen molar-refractivity contribution >= 4 is 40.1 Å². The largest absolute Gasteiger partial charge is 0.444 e. The van der Waals surface area contributed by atoms with Crippen LogP contribution >= 0.6 is 0 Å². The van der Waals surface area contributed by atoms with Gasteiger partial charge in [-0.15, -0.1) is 0 Å². The summed E-state index contributed by atoms with van der Waals surface area (Å²) in [6.45, 7) is 11.2. The summed E-state index contributed by atoms with van der Waals surface area (Å²) in [5.41, 5.74) is 2.15. The summed E-state index contributed by atoms with van der Waals surface area (Å²) in [6.07, 6.45) is -1.69. The van der Waals surface area contributed by atoms with E-state index in [2.05, 4.69) is 11.4 Å². The highest BCUT2D eigenvalue weighted by atomic mass is 16.6. The smallest absolute Gasteiger partial charge is 0.419 e. The number of nitriles is 1. The molecule has 13 heteroatoms. The molecule has 1 N–H and O–H groups in total. The van der Waals surface area contributed by atoms with Gasteiger partial charge >= 0.3 is 17.9 Å². The van der Waals surface area contributed by atoms with Crippen LogP contribution in [-0.4, -0.2) is 75.2 Å². The first-order valence-electron chi connectivity index (χ1n) is 15.8. The predicted octanol–water partition coefficient (Wildman–Crippen LogP) is 5.11. The first-order chi connectivity index (χ1) is 22.5. The van der Waals surface area contributed by atoms with Crippen molar-refractivity contribution in [3.63, 3.8) is 0 Å². The second kappa shape index (κ2) is 13.2. The molecular weight excluding hydrogens is 618 g/mol. The molecule has 13 nitrogen and oxygen atoms in total. The molecule has 1 aliphatic heterocycles. The normalized spacial score (nSPS) is 16.3. The third-order valence-electron chi connectivity index (χ3n) is 7.69. The topological polar surface area (TPSA) is 158 Å². The minimum atomic E-state index is -1.03. The van der Waals surface area contributed by atoms with Crippen LogP contribution < -0.4 is 11.1 Å². The maximum atomic E-state index is 13.7. The lowest BCUT2D eigenvalue weighted by molar-refractivity contribution is -0.133. The van der Waals surface area contributed by atoms with E-state index < -0.39 is 47.2 Å². The molecule has 254 valence electrons. The Kier molecular flexibility index (Phi) is 9.42. The van der Waals surface area contributed by atoms with Crippen molar-refractivity contribution in [2.45, 2.75) is 77.7 Å². The molecule has 2 atom stereocenters. The van der Waals surface area contributed by atoms with Gasteiger partial charge in [0, 0.05) is 37.7 Å². The highest BCUT2D eigenvalue weighted by molar-refractivity contribution is 5.94. The lowest BCUT2D eigenvalue weighted by Crippen LogP contribution is -2.48. The van der Waals surface area contributed by atoms with Gasteiger partial charge in [0.05, 0.1) is 23.6 Å². The predicted molar refractivity (Wildman–Crippen MR) is 177 cm³/mol. The van der Waals surface area contributed by atoms with Crippen LogP contribution in [0.4, 0.5) is 9.59 Å². The Morgan fingerprint density at radius 2 is 1.62 bits per heavy atom. The molecule has 0 aliphatic carbocycles. The van der Waals surface area contributed by atoms with E-state index in [-0.39, 0.29) is 19.6 Å². The van der Waals surface area contributed by atoms with E-state index >= 15 is 0 Å². The fraction of sp³-hybridized carbons (Fsp3) is 0.457. The summed E-state index contributed by atoms with van der Waals surface area (Å²) in [7, 11) is 1.63. The van der Waals surface area contributed by atoms with Crippen LogP contribution in [0.25, 0.3) is 33.1 Å². The number of ether oxygens (including phenoxy) is 3.